The first kappa shape index (κ1) is 10.9. The molecule has 0 aliphatic carbocycles. The van der Waals surface area contributed by atoms with Crippen LogP contribution in [0.5, 0.6) is 0 Å². The molecule has 1 N–H and O–H groups in total. The Balaban J connectivity index is 2.14. The summed E-state index contributed by atoms with van der Waals surface area (Å²) >= 11 is 2.04. The van der Waals surface area contributed by atoms with Crippen molar-refractivity contribution in [3.63, 3.8) is 0 Å². The standard InChI is InChI=1S/C11H19NS/c1-3-4-5-6-7-8-11(2)12-9-10-13-11/h3,5-6,12H,1,4,7-10H2,2H3. The Bertz CT molecular complexity index is 181. The van der Waals surface area contributed by atoms with Gasteiger partial charge in [-0.1, -0.05) is 18.2 Å². The highest BCUT2D eigenvalue weighted by atomic mass is 32.2. The van der Waals surface area contributed by atoms with Gasteiger partial charge < -0.3 is 5.32 Å². The van der Waals surface area contributed by atoms with Crippen LogP contribution in [0.25, 0.3) is 0 Å². The molecule has 1 fully saturated rings. The van der Waals surface area contributed by atoms with Gasteiger partial charge in [0.15, 0.2) is 0 Å². The van der Waals surface area contributed by atoms with Gasteiger partial charge in [0.2, 0.25) is 0 Å². The highest BCUT2D eigenvalue weighted by Crippen LogP contribution is 2.30. The van der Waals surface area contributed by atoms with Crippen molar-refractivity contribution < 1.29 is 0 Å². The molecule has 1 heterocycles. The van der Waals surface area contributed by atoms with Crippen LogP contribution in [0.1, 0.15) is 26.2 Å². The van der Waals surface area contributed by atoms with Crippen molar-refractivity contribution in [2.75, 3.05) is 12.3 Å². The molecule has 1 rings (SSSR count). The topological polar surface area (TPSA) is 12.0 Å². The fourth-order valence-electron chi connectivity index (χ4n) is 1.47. The van der Waals surface area contributed by atoms with Crippen LogP contribution in [-0.4, -0.2) is 17.2 Å². The summed E-state index contributed by atoms with van der Waals surface area (Å²) in [5.74, 6) is 1.26. The fourth-order valence-corrected chi connectivity index (χ4v) is 2.59. The van der Waals surface area contributed by atoms with Crippen molar-refractivity contribution in [2.45, 2.75) is 31.1 Å². The summed E-state index contributed by atoms with van der Waals surface area (Å²) in [6.45, 7) is 7.14. The Hall–Kier alpha value is -0.210. The van der Waals surface area contributed by atoms with Crippen molar-refractivity contribution in [2.24, 2.45) is 0 Å². The van der Waals surface area contributed by atoms with Gasteiger partial charge in [-0.25, -0.2) is 0 Å². The molecule has 0 aromatic rings. The van der Waals surface area contributed by atoms with Gasteiger partial charge >= 0.3 is 0 Å². The van der Waals surface area contributed by atoms with Gasteiger partial charge in [-0.05, 0) is 26.2 Å². The smallest absolute Gasteiger partial charge is 0.0620 e. The van der Waals surface area contributed by atoms with Crippen LogP contribution in [0.15, 0.2) is 24.8 Å². The summed E-state index contributed by atoms with van der Waals surface area (Å²) in [5.41, 5.74) is 0. The molecule has 1 atom stereocenters. The van der Waals surface area contributed by atoms with Crippen LogP contribution in [0.4, 0.5) is 0 Å². The number of thioether (sulfide) groups is 1. The molecule has 74 valence electrons. The second kappa shape index (κ2) is 5.51. The summed E-state index contributed by atoms with van der Waals surface area (Å²) in [4.78, 5) is 0.332. The Morgan fingerprint density at radius 2 is 2.38 bits per heavy atom. The zero-order chi connectivity index (χ0) is 9.57. The molecule has 0 aromatic carbocycles. The zero-order valence-electron chi connectivity index (χ0n) is 8.38. The van der Waals surface area contributed by atoms with E-state index < -0.39 is 0 Å². The van der Waals surface area contributed by atoms with Gasteiger partial charge in [0.05, 0.1) is 4.87 Å². The van der Waals surface area contributed by atoms with E-state index in [0.717, 1.165) is 13.0 Å². The van der Waals surface area contributed by atoms with Crippen molar-refractivity contribution in [3.05, 3.63) is 24.8 Å². The molecule has 0 aromatic heterocycles. The van der Waals surface area contributed by atoms with Crippen molar-refractivity contribution in [3.8, 4) is 0 Å². The minimum Gasteiger partial charge on any atom is -0.302 e. The maximum Gasteiger partial charge on any atom is 0.0620 e. The van der Waals surface area contributed by atoms with Crippen molar-refractivity contribution in [1.82, 2.24) is 5.32 Å². The van der Waals surface area contributed by atoms with E-state index >= 15 is 0 Å². The normalized spacial score (nSPS) is 28.4. The van der Waals surface area contributed by atoms with Gasteiger partial charge in [-0.3, -0.25) is 0 Å². The van der Waals surface area contributed by atoms with Gasteiger partial charge in [-0.2, -0.15) is 0 Å². The largest absolute Gasteiger partial charge is 0.302 e. The van der Waals surface area contributed by atoms with E-state index in [1.807, 2.05) is 17.8 Å². The third kappa shape index (κ3) is 4.01. The number of nitrogens with one attached hydrogen (secondary N) is 1. The summed E-state index contributed by atoms with van der Waals surface area (Å²) in [7, 11) is 0. The lowest BCUT2D eigenvalue weighted by molar-refractivity contribution is 0.511. The van der Waals surface area contributed by atoms with E-state index in [-0.39, 0.29) is 0 Å². The van der Waals surface area contributed by atoms with E-state index in [9.17, 15) is 0 Å². The first-order chi connectivity index (χ1) is 6.27. The lowest BCUT2D eigenvalue weighted by Crippen LogP contribution is -2.33. The van der Waals surface area contributed by atoms with Crippen molar-refractivity contribution in [1.29, 1.82) is 0 Å². The fraction of sp³-hybridized carbons (Fsp3) is 0.636. The molecule has 0 saturated carbocycles. The maximum atomic E-state index is 3.68. The number of hydrogen-bond acceptors (Lipinski definition) is 2. The monoisotopic (exact) mass is 197 g/mol. The summed E-state index contributed by atoms with van der Waals surface area (Å²) < 4.78 is 0. The first-order valence-electron chi connectivity index (χ1n) is 4.92. The van der Waals surface area contributed by atoms with E-state index in [2.05, 4.69) is 31.0 Å². The van der Waals surface area contributed by atoms with Crippen LogP contribution < -0.4 is 5.32 Å². The minimum absolute atomic E-state index is 0.332. The number of hydrogen-bond donors (Lipinski definition) is 1. The molecule has 2 heteroatoms. The lowest BCUT2D eigenvalue weighted by Gasteiger charge is -2.22. The molecule has 0 bridgehead atoms. The van der Waals surface area contributed by atoms with E-state index in [1.165, 1.54) is 18.6 Å². The number of rotatable bonds is 5. The molecule has 0 amide bonds. The Kier molecular flexibility index (Phi) is 4.60. The molecule has 1 aliphatic heterocycles. The Morgan fingerprint density at radius 3 is 3.00 bits per heavy atom. The second-order valence-electron chi connectivity index (χ2n) is 3.54. The average molecular weight is 197 g/mol. The highest BCUT2D eigenvalue weighted by molar-refractivity contribution is 8.00. The Labute approximate surface area is 85.7 Å². The molecule has 1 aliphatic rings. The van der Waals surface area contributed by atoms with Crippen LogP contribution >= 0.6 is 11.8 Å². The molecule has 13 heavy (non-hydrogen) atoms. The number of allylic oxidation sites excluding steroid dienone is 3. The van der Waals surface area contributed by atoms with Crippen LogP contribution in [-0.2, 0) is 0 Å². The molecule has 0 radical (unpaired) electrons. The summed E-state index contributed by atoms with van der Waals surface area (Å²) in [6.07, 6.45) is 9.77. The minimum atomic E-state index is 0.332. The van der Waals surface area contributed by atoms with E-state index in [1.54, 1.807) is 0 Å². The zero-order valence-corrected chi connectivity index (χ0v) is 9.20. The quantitative estimate of drug-likeness (QED) is 0.680. The SMILES string of the molecule is C=CCC=CCCC1(C)NCCS1. The van der Waals surface area contributed by atoms with E-state index in [4.69, 9.17) is 0 Å². The molecule has 1 nitrogen and oxygen atoms in total. The predicted molar refractivity (Wildman–Crippen MR) is 62.1 cm³/mol. The molecular formula is C11H19NS. The van der Waals surface area contributed by atoms with Gasteiger partial charge in [0, 0.05) is 12.3 Å². The van der Waals surface area contributed by atoms with Crippen LogP contribution in [0, 0.1) is 0 Å². The molecule has 1 unspecified atom stereocenters. The van der Waals surface area contributed by atoms with Gasteiger partial charge in [0.25, 0.3) is 0 Å². The average Bonchev–Trinajstić information content (AvgIpc) is 2.53. The third-order valence-corrected chi connectivity index (χ3v) is 3.67. The van der Waals surface area contributed by atoms with E-state index in [0.29, 0.717) is 4.87 Å². The summed E-state index contributed by atoms with van der Waals surface area (Å²) in [5, 5.41) is 3.53. The Morgan fingerprint density at radius 1 is 1.54 bits per heavy atom. The molecule has 0 spiro atoms. The van der Waals surface area contributed by atoms with Crippen LogP contribution in [0.2, 0.25) is 0 Å². The van der Waals surface area contributed by atoms with Gasteiger partial charge in [0.1, 0.15) is 0 Å². The lowest BCUT2D eigenvalue weighted by atomic mass is 10.1. The predicted octanol–water partition coefficient (Wildman–Crippen LogP) is 2.95. The molecule has 1 saturated heterocycles. The van der Waals surface area contributed by atoms with Gasteiger partial charge in [-0.15, -0.1) is 18.3 Å². The maximum absolute atomic E-state index is 3.68. The van der Waals surface area contributed by atoms with Crippen LogP contribution in [0.3, 0.4) is 0 Å². The van der Waals surface area contributed by atoms with Crippen molar-refractivity contribution >= 4 is 11.8 Å². The second-order valence-corrected chi connectivity index (χ2v) is 5.14. The first-order valence-corrected chi connectivity index (χ1v) is 5.90. The third-order valence-electron chi connectivity index (χ3n) is 2.28. The summed E-state index contributed by atoms with van der Waals surface area (Å²) in [6, 6.07) is 0. The highest BCUT2D eigenvalue weighted by Gasteiger charge is 2.27. The molecular weight excluding hydrogens is 178 g/mol.